The van der Waals surface area contributed by atoms with E-state index in [-0.39, 0.29) is 12.0 Å². The van der Waals surface area contributed by atoms with Crippen LogP contribution in [0.25, 0.3) is 0 Å². The highest BCUT2D eigenvalue weighted by Gasteiger charge is 2.42. The van der Waals surface area contributed by atoms with Gasteiger partial charge < -0.3 is 15.6 Å². The largest absolute Gasteiger partial charge is 0.387 e. The van der Waals surface area contributed by atoms with Crippen LogP contribution in [0.3, 0.4) is 0 Å². The van der Waals surface area contributed by atoms with Crippen molar-refractivity contribution in [2.24, 2.45) is 17.6 Å². The van der Waals surface area contributed by atoms with Gasteiger partial charge in [-0.25, -0.2) is 0 Å². The fraction of sp³-hybridized carbons (Fsp3) is 1.00. The third-order valence-corrected chi connectivity index (χ3v) is 3.12. The number of nitrogens with two attached hydrogens (primary N) is 1. The molecule has 0 aromatic heterocycles. The van der Waals surface area contributed by atoms with E-state index in [0.717, 1.165) is 6.42 Å². The van der Waals surface area contributed by atoms with Crippen molar-refractivity contribution in [1.29, 1.82) is 0 Å². The third-order valence-electron chi connectivity index (χ3n) is 3.12. The second-order valence-corrected chi connectivity index (χ2v) is 4.54. The Morgan fingerprint density at radius 1 is 1.54 bits per heavy atom. The molecule has 0 aromatic carbocycles. The van der Waals surface area contributed by atoms with E-state index in [0.29, 0.717) is 19.1 Å². The van der Waals surface area contributed by atoms with Crippen molar-refractivity contribution in [3.63, 3.8) is 0 Å². The molecule has 1 heterocycles. The van der Waals surface area contributed by atoms with E-state index in [2.05, 4.69) is 13.8 Å². The minimum Gasteiger partial charge on any atom is -0.387 e. The lowest BCUT2D eigenvalue weighted by atomic mass is 9.85. The van der Waals surface area contributed by atoms with Gasteiger partial charge in [0.2, 0.25) is 0 Å². The van der Waals surface area contributed by atoms with Crippen molar-refractivity contribution in [1.82, 2.24) is 0 Å². The van der Waals surface area contributed by atoms with Crippen LogP contribution in [-0.4, -0.2) is 30.0 Å². The Hall–Kier alpha value is -0.120. The third kappa shape index (κ3) is 2.22. The van der Waals surface area contributed by atoms with E-state index in [1.54, 1.807) is 0 Å². The van der Waals surface area contributed by atoms with Gasteiger partial charge in [0.25, 0.3) is 0 Å². The normalized spacial score (nSPS) is 36.9. The first-order valence-electron chi connectivity index (χ1n) is 5.03. The maximum atomic E-state index is 10.2. The molecule has 3 unspecified atom stereocenters. The van der Waals surface area contributed by atoms with Gasteiger partial charge in [0.15, 0.2) is 0 Å². The topological polar surface area (TPSA) is 55.5 Å². The van der Waals surface area contributed by atoms with E-state index in [1.165, 1.54) is 0 Å². The Bertz CT molecular complexity index is 172. The molecular weight excluding hydrogens is 166 g/mol. The van der Waals surface area contributed by atoms with Gasteiger partial charge in [0.05, 0.1) is 18.3 Å². The van der Waals surface area contributed by atoms with Gasteiger partial charge >= 0.3 is 0 Å². The monoisotopic (exact) mass is 187 g/mol. The van der Waals surface area contributed by atoms with Gasteiger partial charge in [0.1, 0.15) is 0 Å². The average Bonchev–Trinajstić information content (AvgIpc) is 2.48. The second-order valence-electron chi connectivity index (χ2n) is 4.54. The van der Waals surface area contributed by atoms with Gasteiger partial charge in [0, 0.05) is 6.42 Å². The van der Waals surface area contributed by atoms with E-state index in [4.69, 9.17) is 10.5 Å². The minimum absolute atomic E-state index is 0.122. The molecule has 0 saturated carbocycles. The van der Waals surface area contributed by atoms with Crippen molar-refractivity contribution in [3.05, 3.63) is 0 Å². The van der Waals surface area contributed by atoms with Gasteiger partial charge in [-0.2, -0.15) is 0 Å². The maximum Gasteiger partial charge on any atom is 0.0942 e. The van der Waals surface area contributed by atoms with Crippen molar-refractivity contribution in [2.75, 3.05) is 13.2 Å². The summed E-state index contributed by atoms with van der Waals surface area (Å²) in [4.78, 5) is 0. The van der Waals surface area contributed by atoms with E-state index in [1.807, 2.05) is 6.92 Å². The Morgan fingerprint density at radius 2 is 2.15 bits per heavy atom. The highest BCUT2D eigenvalue weighted by atomic mass is 16.5. The molecule has 1 aliphatic heterocycles. The van der Waals surface area contributed by atoms with Gasteiger partial charge in [-0.1, -0.05) is 20.8 Å². The standard InChI is InChI=1S/C10H21NO2/c1-7(2)9-4-10(12,6-13-9)8(3)5-11/h7-9,12H,4-6,11H2,1-3H3. The van der Waals surface area contributed by atoms with Crippen LogP contribution in [0.1, 0.15) is 27.2 Å². The van der Waals surface area contributed by atoms with Crippen LogP contribution in [-0.2, 0) is 4.74 Å². The predicted octanol–water partition coefficient (Wildman–Crippen LogP) is 0.757. The zero-order valence-electron chi connectivity index (χ0n) is 8.79. The highest BCUT2D eigenvalue weighted by molar-refractivity contribution is 4.93. The molecule has 3 atom stereocenters. The molecule has 3 N–H and O–H groups in total. The molecule has 0 radical (unpaired) electrons. The van der Waals surface area contributed by atoms with Crippen LogP contribution >= 0.6 is 0 Å². The number of rotatable bonds is 3. The average molecular weight is 187 g/mol. The molecule has 1 aliphatic rings. The Kier molecular flexibility index (Phi) is 3.33. The predicted molar refractivity (Wildman–Crippen MR) is 52.4 cm³/mol. The van der Waals surface area contributed by atoms with Crippen LogP contribution < -0.4 is 5.73 Å². The van der Waals surface area contributed by atoms with Crippen LogP contribution in [0, 0.1) is 11.8 Å². The van der Waals surface area contributed by atoms with Gasteiger partial charge in [-0.15, -0.1) is 0 Å². The van der Waals surface area contributed by atoms with Crippen LogP contribution in [0.15, 0.2) is 0 Å². The summed E-state index contributed by atoms with van der Waals surface area (Å²) in [6.45, 7) is 7.16. The number of hydrogen-bond acceptors (Lipinski definition) is 3. The van der Waals surface area contributed by atoms with Crippen molar-refractivity contribution in [3.8, 4) is 0 Å². The van der Waals surface area contributed by atoms with Crippen molar-refractivity contribution in [2.45, 2.75) is 38.9 Å². The second kappa shape index (κ2) is 3.95. The fourth-order valence-corrected chi connectivity index (χ4v) is 1.71. The summed E-state index contributed by atoms with van der Waals surface area (Å²) >= 11 is 0. The molecule has 1 fully saturated rings. The number of hydrogen-bond donors (Lipinski definition) is 2. The van der Waals surface area contributed by atoms with Gasteiger partial charge in [-0.3, -0.25) is 0 Å². The summed E-state index contributed by atoms with van der Waals surface area (Å²) in [5.74, 6) is 0.593. The Labute approximate surface area is 80.3 Å². The molecule has 78 valence electrons. The van der Waals surface area contributed by atoms with E-state index >= 15 is 0 Å². The smallest absolute Gasteiger partial charge is 0.0942 e. The molecule has 0 bridgehead atoms. The molecule has 3 heteroatoms. The quantitative estimate of drug-likeness (QED) is 0.685. The van der Waals surface area contributed by atoms with Crippen LogP contribution in [0.5, 0.6) is 0 Å². The molecule has 0 aromatic rings. The lowest BCUT2D eigenvalue weighted by Crippen LogP contribution is -2.41. The minimum atomic E-state index is -0.691. The molecule has 0 spiro atoms. The molecule has 0 aliphatic carbocycles. The zero-order chi connectivity index (χ0) is 10.1. The highest BCUT2D eigenvalue weighted by Crippen LogP contribution is 2.33. The first-order valence-corrected chi connectivity index (χ1v) is 5.03. The molecule has 1 saturated heterocycles. The molecule has 3 nitrogen and oxygen atoms in total. The number of ether oxygens (including phenoxy) is 1. The summed E-state index contributed by atoms with van der Waals surface area (Å²) in [6.07, 6.45) is 0.919. The first-order chi connectivity index (χ1) is 5.99. The van der Waals surface area contributed by atoms with Crippen molar-refractivity contribution < 1.29 is 9.84 Å². The lowest BCUT2D eigenvalue weighted by molar-refractivity contribution is -0.0188. The fourth-order valence-electron chi connectivity index (χ4n) is 1.71. The van der Waals surface area contributed by atoms with E-state index < -0.39 is 5.60 Å². The van der Waals surface area contributed by atoms with Crippen LogP contribution in [0.2, 0.25) is 0 Å². The molecule has 0 amide bonds. The zero-order valence-corrected chi connectivity index (χ0v) is 8.79. The van der Waals surface area contributed by atoms with Crippen LogP contribution in [0.4, 0.5) is 0 Å². The van der Waals surface area contributed by atoms with Crippen molar-refractivity contribution >= 4 is 0 Å². The first kappa shape index (κ1) is 11.0. The Balaban J connectivity index is 2.55. The summed E-state index contributed by atoms with van der Waals surface area (Å²) in [7, 11) is 0. The molecule has 13 heavy (non-hydrogen) atoms. The molecule has 1 rings (SSSR count). The Morgan fingerprint density at radius 3 is 2.54 bits per heavy atom. The SMILES string of the molecule is CC(C)C1CC(O)(C(C)CN)CO1. The van der Waals surface area contributed by atoms with Gasteiger partial charge in [-0.05, 0) is 18.4 Å². The maximum absolute atomic E-state index is 10.2. The summed E-state index contributed by atoms with van der Waals surface area (Å²) in [5.41, 5.74) is 4.85. The lowest BCUT2D eigenvalue weighted by Gasteiger charge is -2.27. The van der Waals surface area contributed by atoms with E-state index in [9.17, 15) is 5.11 Å². The molecular formula is C10H21NO2. The number of aliphatic hydroxyl groups is 1. The summed E-state index contributed by atoms with van der Waals surface area (Å²) < 4.78 is 5.55. The summed E-state index contributed by atoms with van der Waals surface area (Å²) in [5, 5.41) is 10.2. The summed E-state index contributed by atoms with van der Waals surface area (Å²) in [6, 6.07) is 0.